The first kappa shape index (κ1) is 20.9. The Kier molecular flexibility index (Phi) is 6.87. The molecule has 0 radical (unpaired) electrons. The predicted molar refractivity (Wildman–Crippen MR) is 113 cm³/mol. The third-order valence-electron chi connectivity index (χ3n) is 4.60. The molecule has 0 aliphatic heterocycles. The number of hydrogen-bond acceptors (Lipinski definition) is 6. The van der Waals surface area contributed by atoms with E-state index in [-0.39, 0.29) is 11.7 Å². The van der Waals surface area contributed by atoms with Gasteiger partial charge in [-0.2, -0.15) is 4.68 Å². The summed E-state index contributed by atoms with van der Waals surface area (Å²) in [5.74, 6) is 0.932. The molecule has 1 amide bonds. The fourth-order valence-corrected chi connectivity index (χ4v) is 3.69. The first-order valence-corrected chi connectivity index (χ1v) is 10.4. The SMILES string of the molecule is CCc1ccc(CN(C)C(=O)CSc2nnnn2-c2cc(C)ccc2OC)cc1. The van der Waals surface area contributed by atoms with Gasteiger partial charge in [0, 0.05) is 13.6 Å². The number of carbonyl (C=O) groups excluding carboxylic acids is 1. The molecule has 8 heteroatoms. The Morgan fingerprint density at radius 1 is 1.17 bits per heavy atom. The molecule has 0 atom stereocenters. The van der Waals surface area contributed by atoms with Gasteiger partial charge in [0.1, 0.15) is 11.4 Å². The molecule has 0 unspecified atom stereocenters. The minimum Gasteiger partial charge on any atom is -0.494 e. The van der Waals surface area contributed by atoms with Crippen LogP contribution in [0.2, 0.25) is 0 Å². The highest BCUT2D eigenvalue weighted by Crippen LogP contribution is 2.27. The summed E-state index contributed by atoms with van der Waals surface area (Å²) in [5, 5.41) is 12.5. The smallest absolute Gasteiger partial charge is 0.233 e. The Morgan fingerprint density at radius 2 is 1.90 bits per heavy atom. The summed E-state index contributed by atoms with van der Waals surface area (Å²) in [6.45, 7) is 4.69. The van der Waals surface area contributed by atoms with E-state index in [1.807, 2.05) is 32.2 Å². The summed E-state index contributed by atoms with van der Waals surface area (Å²) in [6, 6.07) is 14.1. The second kappa shape index (κ2) is 9.56. The second-order valence-electron chi connectivity index (χ2n) is 6.76. The number of aryl methyl sites for hydroxylation is 2. The van der Waals surface area contributed by atoms with Crippen LogP contribution in [0, 0.1) is 6.92 Å². The van der Waals surface area contributed by atoms with Gasteiger partial charge in [0.2, 0.25) is 11.1 Å². The van der Waals surface area contributed by atoms with Gasteiger partial charge in [-0.25, -0.2) is 0 Å². The van der Waals surface area contributed by atoms with Crippen LogP contribution in [0.5, 0.6) is 5.75 Å². The molecule has 29 heavy (non-hydrogen) atoms. The third-order valence-corrected chi connectivity index (χ3v) is 5.51. The maximum Gasteiger partial charge on any atom is 0.233 e. The zero-order valence-corrected chi connectivity index (χ0v) is 17.9. The lowest BCUT2D eigenvalue weighted by Gasteiger charge is -2.17. The lowest BCUT2D eigenvalue weighted by molar-refractivity contribution is -0.127. The van der Waals surface area contributed by atoms with Crippen LogP contribution in [-0.4, -0.2) is 50.9 Å². The molecule has 3 aromatic rings. The van der Waals surface area contributed by atoms with Gasteiger partial charge in [0.15, 0.2) is 0 Å². The van der Waals surface area contributed by atoms with E-state index in [1.54, 1.807) is 16.7 Å². The molecule has 2 aromatic carbocycles. The molecular weight excluding hydrogens is 386 g/mol. The van der Waals surface area contributed by atoms with Gasteiger partial charge in [0.25, 0.3) is 0 Å². The molecule has 1 aromatic heterocycles. The Labute approximate surface area is 175 Å². The number of nitrogens with zero attached hydrogens (tertiary/aromatic N) is 5. The molecule has 0 N–H and O–H groups in total. The number of ether oxygens (including phenoxy) is 1. The number of methoxy groups -OCH3 is 1. The van der Waals surface area contributed by atoms with Crippen molar-refractivity contribution in [1.29, 1.82) is 0 Å². The summed E-state index contributed by atoms with van der Waals surface area (Å²) in [7, 11) is 3.42. The van der Waals surface area contributed by atoms with Crippen LogP contribution in [0.25, 0.3) is 5.69 Å². The van der Waals surface area contributed by atoms with Gasteiger partial charge in [-0.3, -0.25) is 4.79 Å². The van der Waals surface area contributed by atoms with Crippen LogP contribution in [-0.2, 0) is 17.8 Å². The Balaban J connectivity index is 1.65. The van der Waals surface area contributed by atoms with Crippen LogP contribution in [0.15, 0.2) is 47.6 Å². The average Bonchev–Trinajstić information content (AvgIpc) is 3.21. The average molecular weight is 412 g/mol. The molecule has 3 rings (SSSR count). The minimum absolute atomic E-state index is 0.0142. The molecule has 0 bridgehead atoms. The number of aromatic nitrogens is 4. The molecule has 0 aliphatic rings. The van der Waals surface area contributed by atoms with E-state index in [2.05, 4.69) is 46.7 Å². The molecule has 0 spiro atoms. The largest absolute Gasteiger partial charge is 0.494 e. The number of rotatable bonds is 8. The number of tetrazole rings is 1. The van der Waals surface area contributed by atoms with E-state index in [0.29, 0.717) is 17.5 Å². The van der Waals surface area contributed by atoms with Gasteiger partial charge in [-0.05, 0) is 52.6 Å². The number of thioether (sulfide) groups is 1. The predicted octanol–water partition coefficient (Wildman–Crippen LogP) is 3.29. The summed E-state index contributed by atoms with van der Waals surface area (Å²) in [5.41, 5.74) is 4.21. The molecular formula is C21H25N5O2S. The lowest BCUT2D eigenvalue weighted by atomic mass is 10.1. The van der Waals surface area contributed by atoms with Crippen molar-refractivity contribution < 1.29 is 9.53 Å². The van der Waals surface area contributed by atoms with E-state index >= 15 is 0 Å². The Hall–Kier alpha value is -2.87. The quantitative estimate of drug-likeness (QED) is 0.530. The van der Waals surface area contributed by atoms with Crippen molar-refractivity contribution in [1.82, 2.24) is 25.1 Å². The van der Waals surface area contributed by atoms with E-state index in [0.717, 1.165) is 23.2 Å². The fourth-order valence-electron chi connectivity index (χ4n) is 2.86. The van der Waals surface area contributed by atoms with Gasteiger partial charge >= 0.3 is 0 Å². The molecule has 0 saturated carbocycles. The van der Waals surface area contributed by atoms with Crippen LogP contribution < -0.4 is 4.74 Å². The van der Waals surface area contributed by atoms with Crippen molar-refractivity contribution in [2.24, 2.45) is 0 Å². The molecule has 0 saturated heterocycles. The third kappa shape index (κ3) is 5.14. The van der Waals surface area contributed by atoms with E-state index in [1.165, 1.54) is 17.3 Å². The standard InChI is InChI=1S/C21H25N5O2S/c1-5-16-7-9-17(10-8-16)13-25(3)20(27)14-29-21-22-23-24-26(21)18-12-15(2)6-11-19(18)28-4/h6-12H,5,13-14H2,1-4H3. The summed E-state index contributed by atoms with van der Waals surface area (Å²) in [6.07, 6.45) is 1.01. The van der Waals surface area contributed by atoms with E-state index < -0.39 is 0 Å². The first-order chi connectivity index (χ1) is 14.0. The molecule has 152 valence electrons. The summed E-state index contributed by atoms with van der Waals surface area (Å²) >= 11 is 1.31. The minimum atomic E-state index is 0.0142. The zero-order valence-electron chi connectivity index (χ0n) is 17.1. The topological polar surface area (TPSA) is 73.1 Å². The Bertz CT molecular complexity index is 971. The highest BCUT2D eigenvalue weighted by Gasteiger charge is 2.17. The second-order valence-corrected chi connectivity index (χ2v) is 7.70. The number of benzene rings is 2. The Morgan fingerprint density at radius 3 is 2.59 bits per heavy atom. The van der Waals surface area contributed by atoms with Gasteiger partial charge in [-0.15, -0.1) is 5.10 Å². The number of carbonyl (C=O) groups is 1. The van der Waals surface area contributed by atoms with Crippen molar-refractivity contribution in [3.8, 4) is 11.4 Å². The molecule has 0 aliphatic carbocycles. The van der Waals surface area contributed by atoms with Crippen LogP contribution in [0.3, 0.4) is 0 Å². The van der Waals surface area contributed by atoms with E-state index in [9.17, 15) is 4.79 Å². The number of hydrogen-bond donors (Lipinski definition) is 0. The molecule has 7 nitrogen and oxygen atoms in total. The summed E-state index contributed by atoms with van der Waals surface area (Å²) in [4.78, 5) is 14.3. The molecule has 0 fully saturated rings. The van der Waals surface area contributed by atoms with Crippen LogP contribution >= 0.6 is 11.8 Å². The van der Waals surface area contributed by atoms with Crippen molar-refractivity contribution in [3.63, 3.8) is 0 Å². The van der Waals surface area contributed by atoms with Crippen molar-refractivity contribution >= 4 is 17.7 Å². The monoisotopic (exact) mass is 411 g/mol. The normalized spacial score (nSPS) is 10.8. The molecule has 1 heterocycles. The van der Waals surface area contributed by atoms with Crippen LogP contribution in [0.4, 0.5) is 0 Å². The highest BCUT2D eigenvalue weighted by molar-refractivity contribution is 7.99. The summed E-state index contributed by atoms with van der Waals surface area (Å²) < 4.78 is 7.03. The maximum atomic E-state index is 12.6. The number of amides is 1. The van der Waals surface area contributed by atoms with Gasteiger partial charge < -0.3 is 9.64 Å². The van der Waals surface area contributed by atoms with Crippen molar-refractivity contribution in [3.05, 3.63) is 59.2 Å². The van der Waals surface area contributed by atoms with Crippen molar-refractivity contribution in [2.75, 3.05) is 19.9 Å². The maximum absolute atomic E-state index is 12.6. The van der Waals surface area contributed by atoms with Gasteiger partial charge in [-0.1, -0.05) is 49.0 Å². The highest BCUT2D eigenvalue weighted by atomic mass is 32.2. The van der Waals surface area contributed by atoms with Crippen molar-refractivity contribution in [2.45, 2.75) is 32.0 Å². The lowest BCUT2D eigenvalue weighted by Crippen LogP contribution is -2.27. The first-order valence-electron chi connectivity index (χ1n) is 9.39. The van der Waals surface area contributed by atoms with Crippen LogP contribution in [0.1, 0.15) is 23.6 Å². The van der Waals surface area contributed by atoms with Gasteiger partial charge in [0.05, 0.1) is 12.9 Å². The fraction of sp³-hybridized carbons (Fsp3) is 0.333. The van der Waals surface area contributed by atoms with E-state index in [4.69, 9.17) is 4.74 Å². The zero-order chi connectivity index (χ0) is 20.8.